The van der Waals surface area contributed by atoms with Gasteiger partial charge in [-0.3, -0.25) is 0 Å². The van der Waals surface area contributed by atoms with Gasteiger partial charge in [-0.15, -0.1) is 11.8 Å². The van der Waals surface area contributed by atoms with Crippen LogP contribution >= 0.6 is 11.8 Å². The minimum atomic E-state index is -4.66. The predicted molar refractivity (Wildman–Crippen MR) is 116 cm³/mol. The predicted octanol–water partition coefficient (Wildman–Crippen LogP) is 7.03. The first-order valence-corrected chi connectivity index (χ1v) is 10.7. The summed E-state index contributed by atoms with van der Waals surface area (Å²) in [4.78, 5) is 4.41. The van der Waals surface area contributed by atoms with Gasteiger partial charge in [0.15, 0.2) is 0 Å². The number of thioether (sulfide) groups is 1. The number of rotatable bonds is 7. The fourth-order valence-electron chi connectivity index (χ4n) is 2.88. The van der Waals surface area contributed by atoms with Gasteiger partial charge in [-0.05, 0) is 49.2 Å². The molecule has 160 valence electrons. The number of ether oxygens (including phenoxy) is 1. The van der Waals surface area contributed by atoms with Crippen LogP contribution in [0, 0.1) is 18.3 Å². The monoisotopic (exact) mass is 442 g/mol. The van der Waals surface area contributed by atoms with Gasteiger partial charge < -0.3 is 4.74 Å². The van der Waals surface area contributed by atoms with Gasteiger partial charge in [0.05, 0.1) is 23.4 Å². The number of nitriles is 1. The highest BCUT2D eigenvalue weighted by Gasteiger charge is 2.36. The van der Waals surface area contributed by atoms with Gasteiger partial charge in [0.1, 0.15) is 16.8 Å². The van der Waals surface area contributed by atoms with E-state index in [2.05, 4.69) is 4.98 Å². The van der Waals surface area contributed by atoms with Crippen molar-refractivity contribution in [3.8, 4) is 23.1 Å². The molecule has 3 nitrogen and oxygen atoms in total. The zero-order valence-electron chi connectivity index (χ0n) is 17.2. The Labute approximate surface area is 183 Å². The first-order chi connectivity index (χ1) is 14.8. The van der Waals surface area contributed by atoms with Gasteiger partial charge in [0.2, 0.25) is 0 Å². The van der Waals surface area contributed by atoms with Gasteiger partial charge in [-0.2, -0.15) is 18.4 Å². The topological polar surface area (TPSA) is 45.9 Å². The lowest BCUT2D eigenvalue weighted by Crippen LogP contribution is -2.10. The second kappa shape index (κ2) is 9.88. The molecule has 1 aromatic heterocycles. The smallest absolute Gasteiger partial charge is 0.417 e. The van der Waals surface area contributed by atoms with Crippen molar-refractivity contribution in [2.24, 2.45) is 0 Å². The lowest BCUT2D eigenvalue weighted by molar-refractivity contribution is -0.138. The largest absolute Gasteiger partial charge is 0.494 e. The lowest BCUT2D eigenvalue weighted by atomic mass is 10.1. The number of hydrogen-bond acceptors (Lipinski definition) is 4. The average Bonchev–Trinajstić information content (AvgIpc) is 2.76. The third kappa shape index (κ3) is 5.80. The highest BCUT2D eigenvalue weighted by atomic mass is 32.2. The Morgan fingerprint density at radius 2 is 1.74 bits per heavy atom. The Hall–Kier alpha value is -2.98. The Morgan fingerprint density at radius 3 is 2.32 bits per heavy atom. The highest BCUT2D eigenvalue weighted by Crippen LogP contribution is 2.38. The maximum Gasteiger partial charge on any atom is 0.417 e. The van der Waals surface area contributed by atoms with Crippen molar-refractivity contribution < 1.29 is 17.9 Å². The number of aromatic nitrogens is 1. The third-order valence-corrected chi connectivity index (χ3v) is 5.57. The molecule has 0 spiro atoms. The summed E-state index contributed by atoms with van der Waals surface area (Å²) < 4.78 is 46.7. The summed E-state index contributed by atoms with van der Waals surface area (Å²) in [6.07, 6.45) is -3.80. The normalized spacial score (nSPS) is 11.2. The van der Waals surface area contributed by atoms with E-state index in [4.69, 9.17) is 4.74 Å². The summed E-state index contributed by atoms with van der Waals surface area (Å²) in [5.74, 6) is 1.05. The van der Waals surface area contributed by atoms with Crippen LogP contribution in [0.1, 0.15) is 35.6 Å². The number of aryl methyl sites for hydroxylation is 1. The van der Waals surface area contributed by atoms with Crippen LogP contribution in [-0.4, -0.2) is 11.6 Å². The highest BCUT2D eigenvalue weighted by molar-refractivity contribution is 7.98. The molecule has 0 aliphatic rings. The minimum Gasteiger partial charge on any atom is -0.494 e. The quantitative estimate of drug-likeness (QED) is 0.369. The van der Waals surface area contributed by atoms with Crippen molar-refractivity contribution in [1.82, 2.24) is 4.98 Å². The van der Waals surface area contributed by atoms with E-state index in [0.717, 1.165) is 35.4 Å². The fraction of sp³-hybridized carbons (Fsp3) is 0.250. The molecule has 0 N–H and O–H groups in total. The van der Waals surface area contributed by atoms with E-state index in [1.165, 1.54) is 0 Å². The van der Waals surface area contributed by atoms with Gasteiger partial charge in [0, 0.05) is 11.3 Å². The molecule has 0 aliphatic heterocycles. The first kappa shape index (κ1) is 22.7. The van der Waals surface area contributed by atoms with Crippen LogP contribution in [-0.2, 0) is 11.9 Å². The standard InChI is InChI=1S/C24H21F3N2OS/c1-3-12-30-19-10-8-18(9-11-19)22-13-21(24(25,26)27)20(14-28)23(29-22)31-15-17-6-4-16(2)5-7-17/h4-11,13H,3,12,15H2,1-2H3. The maximum absolute atomic E-state index is 13.7. The van der Waals surface area contributed by atoms with E-state index in [1.807, 2.05) is 38.1 Å². The molecule has 7 heteroatoms. The van der Waals surface area contributed by atoms with Gasteiger partial charge >= 0.3 is 6.18 Å². The molecular formula is C24H21F3N2OS. The second-order valence-corrected chi connectivity index (χ2v) is 7.96. The fourth-order valence-corrected chi connectivity index (χ4v) is 3.84. The molecule has 0 aliphatic carbocycles. The van der Waals surface area contributed by atoms with Crippen LogP contribution in [0.3, 0.4) is 0 Å². The lowest BCUT2D eigenvalue weighted by Gasteiger charge is -2.14. The van der Waals surface area contributed by atoms with Crippen molar-refractivity contribution in [2.45, 2.75) is 37.2 Å². The van der Waals surface area contributed by atoms with Gasteiger partial charge in [-0.1, -0.05) is 36.8 Å². The van der Waals surface area contributed by atoms with E-state index in [0.29, 0.717) is 23.7 Å². The molecule has 3 rings (SSSR count). The van der Waals surface area contributed by atoms with Crippen LogP contribution in [0.2, 0.25) is 0 Å². The van der Waals surface area contributed by atoms with E-state index in [-0.39, 0.29) is 10.7 Å². The van der Waals surface area contributed by atoms with Crippen LogP contribution in [0.5, 0.6) is 5.75 Å². The molecule has 0 fully saturated rings. The van der Waals surface area contributed by atoms with E-state index in [9.17, 15) is 18.4 Å². The van der Waals surface area contributed by atoms with Crippen molar-refractivity contribution in [2.75, 3.05) is 6.61 Å². The van der Waals surface area contributed by atoms with E-state index < -0.39 is 17.3 Å². The van der Waals surface area contributed by atoms with Crippen LogP contribution in [0.4, 0.5) is 13.2 Å². The SMILES string of the molecule is CCCOc1ccc(-c2cc(C(F)(F)F)c(C#N)c(SCc3ccc(C)cc3)n2)cc1. The Balaban J connectivity index is 1.98. The number of halogens is 3. The average molecular weight is 443 g/mol. The zero-order valence-corrected chi connectivity index (χ0v) is 18.0. The van der Waals surface area contributed by atoms with Gasteiger partial charge in [0.25, 0.3) is 0 Å². The van der Waals surface area contributed by atoms with E-state index in [1.54, 1.807) is 30.3 Å². The minimum absolute atomic E-state index is 0.0687. The van der Waals surface area contributed by atoms with Crippen molar-refractivity contribution >= 4 is 11.8 Å². The Morgan fingerprint density at radius 1 is 1.06 bits per heavy atom. The summed E-state index contributed by atoms with van der Waals surface area (Å²) in [5.41, 5.74) is 1.31. The Bertz CT molecular complexity index is 1070. The Kier molecular flexibility index (Phi) is 7.24. The van der Waals surface area contributed by atoms with Crippen molar-refractivity contribution in [3.63, 3.8) is 0 Å². The first-order valence-electron chi connectivity index (χ1n) is 9.75. The summed E-state index contributed by atoms with van der Waals surface area (Å²) in [6.45, 7) is 4.51. The van der Waals surface area contributed by atoms with Crippen LogP contribution in [0.25, 0.3) is 11.3 Å². The maximum atomic E-state index is 13.7. The van der Waals surface area contributed by atoms with Crippen molar-refractivity contribution in [3.05, 3.63) is 76.9 Å². The van der Waals surface area contributed by atoms with Crippen LogP contribution in [0.15, 0.2) is 59.6 Å². The molecule has 0 radical (unpaired) electrons. The molecular weight excluding hydrogens is 421 g/mol. The number of nitrogens with zero attached hydrogens (tertiary/aromatic N) is 2. The van der Waals surface area contributed by atoms with Gasteiger partial charge in [-0.25, -0.2) is 4.98 Å². The molecule has 1 heterocycles. The molecule has 31 heavy (non-hydrogen) atoms. The number of pyridine rings is 1. The molecule has 0 amide bonds. The summed E-state index contributed by atoms with van der Waals surface area (Å²) in [7, 11) is 0. The van der Waals surface area contributed by atoms with E-state index >= 15 is 0 Å². The summed E-state index contributed by atoms with van der Waals surface area (Å²) in [5, 5.41) is 9.53. The van der Waals surface area contributed by atoms with Crippen molar-refractivity contribution in [1.29, 1.82) is 5.26 Å². The molecule has 0 saturated heterocycles. The summed E-state index contributed by atoms with van der Waals surface area (Å²) >= 11 is 1.13. The molecule has 0 bridgehead atoms. The number of benzene rings is 2. The second-order valence-electron chi connectivity index (χ2n) is 6.99. The third-order valence-electron chi connectivity index (χ3n) is 4.52. The number of alkyl halides is 3. The number of hydrogen-bond donors (Lipinski definition) is 0. The zero-order chi connectivity index (χ0) is 22.4. The van der Waals surface area contributed by atoms with Crippen LogP contribution < -0.4 is 4.74 Å². The molecule has 0 unspecified atom stereocenters. The molecule has 0 saturated carbocycles. The molecule has 2 aromatic carbocycles. The molecule has 3 aromatic rings. The summed E-state index contributed by atoms with van der Waals surface area (Å²) in [6, 6.07) is 17.1. The molecule has 0 atom stereocenters.